The van der Waals surface area contributed by atoms with Crippen LogP contribution >= 0.6 is 0 Å². The molecule has 0 atom stereocenters. The van der Waals surface area contributed by atoms with E-state index in [1.54, 1.807) is 0 Å². The number of amides is 1. The molecular weight excluding hydrogens is 392 g/mol. The predicted molar refractivity (Wildman–Crippen MR) is 106 cm³/mol. The number of piperidine rings is 1. The van der Waals surface area contributed by atoms with Gasteiger partial charge in [-0.1, -0.05) is 6.92 Å². The molecule has 1 aromatic rings. The highest BCUT2D eigenvalue weighted by atomic mass is 19.1. The van der Waals surface area contributed by atoms with Gasteiger partial charge in [-0.15, -0.1) is 0 Å². The zero-order valence-corrected chi connectivity index (χ0v) is 17.4. The van der Waals surface area contributed by atoms with Gasteiger partial charge in [0.2, 0.25) is 5.91 Å². The lowest BCUT2D eigenvalue weighted by atomic mass is 9.56. The normalized spacial score (nSPS) is 21.9. The van der Waals surface area contributed by atoms with Crippen LogP contribution in [0.5, 0.6) is 5.75 Å². The maximum Gasteiger partial charge on any atom is 0.338 e. The van der Waals surface area contributed by atoms with Crippen molar-refractivity contribution in [1.29, 1.82) is 0 Å². The Bertz CT molecular complexity index is 836. The molecule has 4 rings (SSSR count). The molecule has 2 saturated carbocycles. The Morgan fingerprint density at radius 3 is 2.40 bits per heavy atom. The molecule has 0 bridgehead atoms. The summed E-state index contributed by atoms with van der Waals surface area (Å²) < 4.78 is 32.9. The SMILES string of the molecule is CC1(C(=O)N2CCC3(CC2)CC(CCCOc2cc(F)c(C(=O)O)cc2F)C3)CC1. The van der Waals surface area contributed by atoms with Gasteiger partial charge in [-0.05, 0) is 68.8 Å². The summed E-state index contributed by atoms with van der Waals surface area (Å²) in [6.07, 6.45) is 8.27. The van der Waals surface area contributed by atoms with Crippen molar-refractivity contribution < 1.29 is 28.2 Å². The highest BCUT2D eigenvalue weighted by molar-refractivity contribution is 5.88. The molecule has 0 unspecified atom stereocenters. The number of carbonyl (C=O) groups excluding carboxylic acids is 1. The number of benzene rings is 1. The summed E-state index contributed by atoms with van der Waals surface area (Å²) in [4.78, 5) is 25.4. The van der Waals surface area contributed by atoms with E-state index in [1.165, 1.54) is 12.8 Å². The van der Waals surface area contributed by atoms with Gasteiger partial charge in [0.05, 0.1) is 12.2 Å². The van der Waals surface area contributed by atoms with Gasteiger partial charge in [0.25, 0.3) is 0 Å². The Kier molecular flexibility index (Phi) is 5.49. The van der Waals surface area contributed by atoms with Crippen LogP contribution in [0.2, 0.25) is 0 Å². The van der Waals surface area contributed by atoms with Gasteiger partial charge in [-0.2, -0.15) is 0 Å². The molecule has 1 spiro atoms. The van der Waals surface area contributed by atoms with Crippen molar-refractivity contribution in [2.24, 2.45) is 16.7 Å². The Morgan fingerprint density at radius 1 is 1.13 bits per heavy atom. The van der Waals surface area contributed by atoms with Crippen LogP contribution in [0, 0.1) is 28.4 Å². The van der Waals surface area contributed by atoms with Crippen LogP contribution in [0.1, 0.15) is 68.6 Å². The van der Waals surface area contributed by atoms with E-state index in [2.05, 4.69) is 11.8 Å². The fraction of sp³-hybridized carbons (Fsp3) is 0.652. The summed E-state index contributed by atoms with van der Waals surface area (Å²) in [5.74, 6) is -2.66. The number of hydrogen-bond donors (Lipinski definition) is 1. The second-order valence-electron chi connectivity index (χ2n) is 9.69. The molecular formula is C23H29F2NO4. The number of nitrogens with zero attached hydrogens (tertiary/aromatic N) is 1. The standard InChI is InChI=1S/C23H29F2NO4/c1-22(4-5-22)21(29)26-8-6-23(7-9-26)13-15(14-23)3-2-10-30-19-12-17(24)16(20(27)28)11-18(19)25/h11-12,15H,2-10,13-14H2,1H3,(H,27,28). The molecule has 30 heavy (non-hydrogen) atoms. The first kappa shape index (κ1) is 21.1. The molecule has 164 valence electrons. The van der Waals surface area contributed by atoms with Gasteiger partial charge in [-0.3, -0.25) is 4.79 Å². The molecule has 7 heteroatoms. The first-order valence-corrected chi connectivity index (χ1v) is 10.9. The van der Waals surface area contributed by atoms with Gasteiger partial charge in [0.15, 0.2) is 11.6 Å². The molecule has 1 aromatic carbocycles. The van der Waals surface area contributed by atoms with Crippen molar-refractivity contribution in [1.82, 2.24) is 4.90 Å². The molecule has 5 nitrogen and oxygen atoms in total. The number of carboxylic acids is 1. The zero-order valence-electron chi connectivity index (χ0n) is 17.4. The van der Waals surface area contributed by atoms with Crippen LogP contribution in [0.3, 0.4) is 0 Å². The maximum atomic E-state index is 13.9. The minimum absolute atomic E-state index is 0.0804. The summed E-state index contributed by atoms with van der Waals surface area (Å²) in [6, 6.07) is 1.46. The van der Waals surface area contributed by atoms with Gasteiger partial charge in [0, 0.05) is 24.6 Å². The molecule has 1 aliphatic heterocycles. The van der Waals surface area contributed by atoms with E-state index in [9.17, 15) is 18.4 Å². The van der Waals surface area contributed by atoms with Crippen LogP contribution in [-0.4, -0.2) is 41.6 Å². The second-order valence-corrected chi connectivity index (χ2v) is 9.69. The molecule has 1 saturated heterocycles. The van der Waals surface area contributed by atoms with Crippen molar-refractivity contribution in [3.05, 3.63) is 29.3 Å². The quantitative estimate of drug-likeness (QED) is 0.652. The lowest BCUT2D eigenvalue weighted by molar-refractivity contribution is -0.140. The minimum Gasteiger partial charge on any atom is -0.490 e. The zero-order chi connectivity index (χ0) is 21.5. The predicted octanol–water partition coefficient (Wildman–Crippen LogP) is 4.64. The van der Waals surface area contributed by atoms with Crippen LogP contribution < -0.4 is 4.74 Å². The molecule has 0 aromatic heterocycles. The molecule has 3 fully saturated rings. The van der Waals surface area contributed by atoms with E-state index in [1.807, 2.05) is 0 Å². The Hall–Kier alpha value is -2.18. The van der Waals surface area contributed by atoms with Crippen LogP contribution in [0.4, 0.5) is 8.78 Å². The highest BCUT2D eigenvalue weighted by Gasteiger charge is 2.50. The van der Waals surface area contributed by atoms with E-state index in [-0.39, 0.29) is 17.8 Å². The number of halogens is 2. The van der Waals surface area contributed by atoms with Crippen LogP contribution in [-0.2, 0) is 4.79 Å². The average molecular weight is 421 g/mol. The molecule has 1 N–H and O–H groups in total. The smallest absolute Gasteiger partial charge is 0.338 e. The van der Waals surface area contributed by atoms with E-state index in [0.29, 0.717) is 23.3 Å². The lowest BCUT2D eigenvalue weighted by Crippen LogP contribution is -2.50. The van der Waals surface area contributed by atoms with E-state index < -0.39 is 23.2 Å². The van der Waals surface area contributed by atoms with Crippen molar-refractivity contribution in [2.45, 2.75) is 58.3 Å². The van der Waals surface area contributed by atoms with Crippen molar-refractivity contribution >= 4 is 11.9 Å². The topological polar surface area (TPSA) is 66.8 Å². The number of hydrogen-bond acceptors (Lipinski definition) is 3. The summed E-state index contributed by atoms with van der Waals surface area (Å²) in [7, 11) is 0. The van der Waals surface area contributed by atoms with Crippen molar-refractivity contribution in [3.63, 3.8) is 0 Å². The summed E-state index contributed by atoms with van der Waals surface area (Å²) in [5, 5.41) is 8.81. The Balaban J connectivity index is 1.16. The first-order chi connectivity index (χ1) is 14.2. The van der Waals surface area contributed by atoms with E-state index in [4.69, 9.17) is 9.84 Å². The molecule has 1 heterocycles. The van der Waals surface area contributed by atoms with Crippen LogP contribution in [0.25, 0.3) is 0 Å². The number of carboxylic acid groups (broad SMARTS) is 1. The third kappa shape index (κ3) is 4.16. The number of ether oxygens (including phenoxy) is 1. The number of carbonyl (C=O) groups is 2. The fourth-order valence-electron chi connectivity index (χ4n) is 5.10. The largest absolute Gasteiger partial charge is 0.490 e. The van der Waals surface area contributed by atoms with Crippen molar-refractivity contribution in [2.75, 3.05) is 19.7 Å². The summed E-state index contributed by atoms with van der Waals surface area (Å²) in [6.45, 7) is 4.10. The summed E-state index contributed by atoms with van der Waals surface area (Å²) in [5.41, 5.74) is -0.393. The molecule has 3 aliphatic rings. The number of likely N-dealkylation sites (tertiary alicyclic amines) is 1. The maximum absolute atomic E-state index is 13.9. The number of rotatable bonds is 7. The van der Waals surface area contributed by atoms with Crippen molar-refractivity contribution in [3.8, 4) is 5.75 Å². The minimum atomic E-state index is -1.51. The molecule has 1 amide bonds. The number of aromatic carboxylic acids is 1. The van der Waals surface area contributed by atoms with Gasteiger partial charge < -0.3 is 14.7 Å². The van der Waals surface area contributed by atoms with Gasteiger partial charge in [-0.25, -0.2) is 13.6 Å². The molecule has 0 radical (unpaired) electrons. The second kappa shape index (κ2) is 7.82. The van der Waals surface area contributed by atoms with E-state index >= 15 is 0 Å². The van der Waals surface area contributed by atoms with Gasteiger partial charge in [0.1, 0.15) is 5.82 Å². The van der Waals surface area contributed by atoms with E-state index in [0.717, 1.165) is 57.7 Å². The Morgan fingerprint density at radius 2 is 1.80 bits per heavy atom. The van der Waals surface area contributed by atoms with Gasteiger partial charge >= 0.3 is 5.97 Å². The molecule has 2 aliphatic carbocycles. The summed E-state index contributed by atoms with van der Waals surface area (Å²) >= 11 is 0. The third-order valence-electron chi connectivity index (χ3n) is 7.34. The first-order valence-electron chi connectivity index (χ1n) is 10.9. The monoisotopic (exact) mass is 421 g/mol. The average Bonchev–Trinajstić information content (AvgIpc) is 3.44. The highest BCUT2D eigenvalue weighted by Crippen LogP contribution is 2.55. The fourth-order valence-corrected chi connectivity index (χ4v) is 5.10. The van der Waals surface area contributed by atoms with Crippen LogP contribution in [0.15, 0.2) is 12.1 Å². The third-order valence-corrected chi connectivity index (χ3v) is 7.34. The lowest BCUT2D eigenvalue weighted by Gasteiger charge is -2.52. The Labute approximate surface area is 175 Å².